The van der Waals surface area contributed by atoms with Crippen LogP contribution in [0.25, 0.3) is 0 Å². The summed E-state index contributed by atoms with van der Waals surface area (Å²) in [6, 6.07) is 32.9. The Morgan fingerprint density at radius 1 is 0.467 bits per heavy atom. The number of hydrogen-bond acceptors (Lipinski definition) is 2. The minimum atomic E-state index is 0.894. The van der Waals surface area contributed by atoms with E-state index in [1.165, 1.54) is 0 Å². The SMILES string of the molecule is Brc1ccc2c(c1)C(c1ccccc1)=Nc1ccc(Br)cc1C(c1ccccc1)=N2. The van der Waals surface area contributed by atoms with Crippen LogP contribution in [0.4, 0.5) is 11.4 Å². The Morgan fingerprint density at radius 3 is 1.27 bits per heavy atom. The van der Waals surface area contributed by atoms with Gasteiger partial charge in [0.15, 0.2) is 0 Å². The fraction of sp³-hybridized carbons (Fsp3) is 0. The lowest BCUT2D eigenvalue weighted by Gasteiger charge is -2.18. The van der Waals surface area contributed by atoms with Gasteiger partial charge in [-0.05, 0) is 36.4 Å². The summed E-state index contributed by atoms with van der Waals surface area (Å²) in [7, 11) is 0. The number of aliphatic imine (C=N–C) groups is 2. The lowest BCUT2D eigenvalue weighted by molar-refractivity contribution is 1.38. The Balaban J connectivity index is 1.86. The number of nitrogens with zero attached hydrogens (tertiary/aromatic N) is 2. The van der Waals surface area contributed by atoms with E-state index in [-0.39, 0.29) is 0 Å². The first-order valence-electron chi connectivity index (χ1n) is 9.57. The minimum Gasteiger partial charge on any atom is -0.247 e. The van der Waals surface area contributed by atoms with Crippen molar-refractivity contribution in [2.24, 2.45) is 9.98 Å². The van der Waals surface area contributed by atoms with E-state index < -0.39 is 0 Å². The molecule has 30 heavy (non-hydrogen) atoms. The van der Waals surface area contributed by atoms with Crippen molar-refractivity contribution in [3.63, 3.8) is 0 Å². The van der Waals surface area contributed by atoms with Crippen LogP contribution in [0.2, 0.25) is 0 Å². The minimum absolute atomic E-state index is 0.894. The summed E-state index contributed by atoms with van der Waals surface area (Å²) in [5.41, 5.74) is 7.72. The Hall–Kier alpha value is -2.82. The molecule has 1 aliphatic heterocycles. The molecule has 0 saturated heterocycles. The van der Waals surface area contributed by atoms with Crippen molar-refractivity contribution in [2.45, 2.75) is 0 Å². The molecule has 2 nitrogen and oxygen atoms in total. The molecule has 0 atom stereocenters. The van der Waals surface area contributed by atoms with E-state index in [1.807, 2.05) is 60.7 Å². The largest absolute Gasteiger partial charge is 0.247 e. The molecule has 0 amide bonds. The predicted octanol–water partition coefficient (Wildman–Crippen LogP) is 7.86. The predicted molar refractivity (Wildman–Crippen MR) is 132 cm³/mol. The highest BCUT2D eigenvalue weighted by molar-refractivity contribution is 9.10. The molecule has 144 valence electrons. The van der Waals surface area contributed by atoms with Crippen molar-refractivity contribution in [1.82, 2.24) is 0 Å². The van der Waals surface area contributed by atoms with Crippen LogP contribution in [0.5, 0.6) is 0 Å². The second-order valence-corrected chi connectivity index (χ2v) is 8.81. The van der Waals surface area contributed by atoms with Gasteiger partial charge in [-0.3, -0.25) is 0 Å². The molecular weight excluding hydrogens is 500 g/mol. The van der Waals surface area contributed by atoms with Gasteiger partial charge in [-0.15, -0.1) is 0 Å². The summed E-state index contributed by atoms with van der Waals surface area (Å²) in [5, 5.41) is 0. The zero-order valence-corrected chi connectivity index (χ0v) is 19.1. The second kappa shape index (κ2) is 8.13. The molecule has 1 heterocycles. The van der Waals surface area contributed by atoms with Gasteiger partial charge in [0.1, 0.15) is 0 Å². The fourth-order valence-electron chi connectivity index (χ4n) is 3.58. The van der Waals surface area contributed by atoms with E-state index in [1.54, 1.807) is 0 Å². The van der Waals surface area contributed by atoms with E-state index in [9.17, 15) is 0 Å². The Bertz CT molecular complexity index is 1190. The Labute approximate surface area is 192 Å². The third-order valence-electron chi connectivity index (χ3n) is 4.99. The summed E-state index contributed by atoms with van der Waals surface area (Å²) in [6.07, 6.45) is 0. The van der Waals surface area contributed by atoms with E-state index in [0.717, 1.165) is 54.0 Å². The van der Waals surface area contributed by atoms with E-state index in [4.69, 9.17) is 9.98 Å². The van der Waals surface area contributed by atoms with E-state index >= 15 is 0 Å². The average molecular weight is 516 g/mol. The van der Waals surface area contributed by atoms with Gasteiger partial charge < -0.3 is 0 Å². The van der Waals surface area contributed by atoms with Gasteiger partial charge in [-0.25, -0.2) is 9.98 Å². The molecular formula is C26H16Br2N2. The quantitative estimate of drug-likeness (QED) is 0.228. The number of rotatable bonds is 2. The molecule has 0 saturated carbocycles. The summed E-state index contributed by atoms with van der Waals surface area (Å²) < 4.78 is 2.00. The molecule has 4 aromatic carbocycles. The fourth-order valence-corrected chi connectivity index (χ4v) is 4.31. The smallest absolute Gasteiger partial charge is 0.0803 e. The number of halogens is 2. The van der Waals surface area contributed by atoms with Gasteiger partial charge in [0.2, 0.25) is 0 Å². The standard InChI is InChI=1S/C26H16Br2N2/c27-19-11-13-23-21(15-19)25(17-7-3-1-4-8-17)29-24-14-12-20(28)16-22(24)26(30-23)18-9-5-2-6-10-18/h1-16H. The maximum atomic E-state index is 5.16. The molecule has 0 spiro atoms. The van der Waals surface area contributed by atoms with Gasteiger partial charge in [0.05, 0.1) is 22.8 Å². The van der Waals surface area contributed by atoms with Gasteiger partial charge in [-0.1, -0.05) is 92.5 Å². The van der Waals surface area contributed by atoms with Gasteiger partial charge >= 0.3 is 0 Å². The molecule has 5 rings (SSSR count). The maximum absolute atomic E-state index is 5.16. The zero-order chi connectivity index (χ0) is 20.5. The summed E-state index contributed by atoms with van der Waals surface area (Å²) in [4.78, 5) is 10.3. The van der Waals surface area contributed by atoms with Crippen LogP contribution in [0.1, 0.15) is 22.3 Å². The van der Waals surface area contributed by atoms with E-state index in [0.29, 0.717) is 0 Å². The van der Waals surface area contributed by atoms with Crippen LogP contribution in [-0.4, -0.2) is 11.4 Å². The van der Waals surface area contributed by atoms with Crippen molar-refractivity contribution in [1.29, 1.82) is 0 Å². The lowest BCUT2D eigenvalue weighted by Crippen LogP contribution is -2.10. The third-order valence-corrected chi connectivity index (χ3v) is 5.97. The van der Waals surface area contributed by atoms with Gasteiger partial charge in [0.25, 0.3) is 0 Å². The molecule has 0 unspecified atom stereocenters. The van der Waals surface area contributed by atoms with Gasteiger partial charge in [0, 0.05) is 31.2 Å². The monoisotopic (exact) mass is 514 g/mol. The van der Waals surface area contributed by atoms with Crippen LogP contribution in [0.15, 0.2) is 116 Å². The Kier molecular flexibility index (Phi) is 5.19. The first kappa shape index (κ1) is 19.2. The zero-order valence-electron chi connectivity index (χ0n) is 15.9. The summed E-state index contributed by atoms with van der Waals surface area (Å²) in [6.45, 7) is 0. The molecule has 0 N–H and O–H groups in total. The Morgan fingerprint density at radius 2 is 0.867 bits per heavy atom. The molecule has 4 aromatic rings. The normalized spacial score (nSPS) is 12.7. The molecule has 1 aliphatic rings. The number of benzene rings is 4. The van der Waals surface area contributed by atoms with Crippen LogP contribution in [0, 0.1) is 0 Å². The van der Waals surface area contributed by atoms with Crippen LogP contribution in [-0.2, 0) is 0 Å². The van der Waals surface area contributed by atoms with Crippen molar-refractivity contribution in [3.05, 3.63) is 128 Å². The van der Waals surface area contributed by atoms with Crippen molar-refractivity contribution >= 4 is 54.7 Å². The van der Waals surface area contributed by atoms with E-state index in [2.05, 4.69) is 68.3 Å². The molecule has 4 heteroatoms. The highest BCUT2D eigenvalue weighted by Crippen LogP contribution is 2.35. The lowest BCUT2D eigenvalue weighted by atomic mass is 9.96. The van der Waals surface area contributed by atoms with Gasteiger partial charge in [-0.2, -0.15) is 0 Å². The second-order valence-electron chi connectivity index (χ2n) is 6.98. The molecule has 0 aromatic heterocycles. The van der Waals surface area contributed by atoms with Crippen LogP contribution >= 0.6 is 31.9 Å². The molecule has 0 bridgehead atoms. The molecule has 0 aliphatic carbocycles. The van der Waals surface area contributed by atoms with Crippen molar-refractivity contribution in [2.75, 3.05) is 0 Å². The van der Waals surface area contributed by atoms with Crippen LogP contribution in [0.3, 0.4) is 0 Å². The van der Waals surface area contributed by atoms with Crippen molar-refractivity contribution in [3.8, 4) is 0 Å². The summed E-state index contributed by atoms with van der Waals surface area (Å²) >= 11 is 7.25. The summed E-state index contributed by atoms with van der Waals surface area (Å²) in [5.74, 6) is 0. The van der Waals surface area contributed by atoms with Crippen molar-refractivity contribution < 1.29 is 0 Å². The van der Waals surface area contributed by atoms with Crippen LogP contribution < -0.4 is 0 Å². The topological polar surface area (TPSA) is 24.7 Å². The highest BCUT2D eigenvalue weighted by atomic mass is 79.9. The molecule has 0 radical (unpaired) electrons. The number of hydrogen-bond donors (Lipinski definition) is 0. The molecule has 0 fully saturated rings. The maximum Gasteiger partial charge on any atom is 0.0803 e. The first-order chi connectivity index (χ1) is 14.7. The highest BCUT2D eigenvalue weighted by Gasteiger charge is 2.20. The third kappa shape index (κ3) is 3.69. The number of fused-ring (bicyclic) bond motifs is 2. The average Bonchev–Trinajstić information content (AvgIpc) is 2.77. The first-order valence-corrected chi connectivity index (χ1v) is 11.2.